The zero-order chi connectivity index (χ0) is 13.8. The van der Waals surface area contributed by atoms with Gasteiger partial charge in [-0.2, -0.15) is 0 Å². The van der Waals surface area contributed by atoms with E-state index in [9.17, 15) is 9.59 Å². The Morgan fingerprint density at radius 3 is 2.21 bits per heavy atom. The number of benzene rings is 1. The van der Waals surface area contributed by atoms with E-state index in [4.69, 9.17) is 4.74 Å². The summed E-state index contributed by atoms with van der Waals surface area (Å²) in [5.74, 6) is -1.17. The molecule has 19 heavy (non-hydrogen) atoms. The molecule has 1 N–H and O–H groups in total. The molecule has 0 aliphatic rings. The molecule has 0 aliphatic heterocycles. The summed E-state index contributed by atoms with van der Waals surface area (Å²) in [5.41, 5.74) is 1.67. The molecular formula is C14H13NO4. The third-order valence-corrected chi connectivity index (χ3v) is 2.74. The molecule has 0 unspecified atom stereocenters. The quantitative estimate of drug-likeness (QED) is 0.858. The average Bonchev–Trinajstić information content (AvgIpc) is 2.91. The van der Waals surface area contributed by atoms with Gasteiger partial charge >= 0.3 is 11.9 Å². The Morgan fingerprint density at radius 2 is 1.63 bits per heavy atom. The van der Waals surface area contributed by atoms with Crippen LogP contribution in [0.25, 0.3) is 11.3 Å². The highest BCUT2D eigenvalue weighted by atomic mass is 16.5. The topological polar surface area (TPSA) is 68.4 Å². The largest absolute Gasteiger partial charge is 0.465 e. The van der Waals surface area contributed by atoms with Crippen LogP contribution < -0.4 is 0 Å². The van der Waals surface area contributed by atoms with E-state index in [1.165, 1.54) is 20.4 Å². The number of esters is 2. The first kappa shape index (κ1) is 12.9. The predicted molar refractivity (Wildman–Crippen MR) is 68.9 cm³/mol. The molecular weight excluding hydrogens is 246 g/mol. The lowest BCUT2D eigenvalue weighted by Gasteiger charge is -2.04. The zero-order valence-electron chi connectivity index (χ0n) is 10.6. The van der Waals surface area contributed by atoms with Gasteiger partial charge in [-0.25, -0.2) is 9.59 Å². The van der Waals surface area contributed by atoms with E-state index < -0.39 is 11.9 Å². The lowest BCUT2D eigenvalue weighted by atomic mass is 10.1. The number of hydrogen-bond acceptors (Lipinski definition) is 4. The highest BCUT2D eigenvalue weighted by Crippen LogP contribution is 2.26. The number of carbonyl (C=O) groups is 2. The molecule has 0 aliphatic carbocycles. The molecule has 0 spiro atoms. The zero-order valence-corrected chi connectivity index (χ0v) is 10.6. The van der Waals surface area contributed by atoms with Gasteiger partial charge in [-0.15, -0.1) is 0 Å². The van der Waals surface area contributed by atoms with Gasteiger partial charge in [-0.1, -0.05) is 30.3 Å². The van der Waals surface area contributed by atoms with Gasteiger partial charge in [0.1, 0.15) is 0 Å². The Kier molecular flexibility index (Phi) is 3.66. The fourth-order valence-electron chi connectivity index (χ4n) is 1.84. The van der Waals surface area contributed by atoms with E-state index >= 15 is 0 Å². The molecule has 2 aromatic rings. The second-order valence-electron chi connectivity index (χ2n) is 3.80. The van der Waals surface area contributed by atoms with Crippen LogP contribution in [-0.2, 0) is 9.47 Å². The summed E-state index contributed by atoms with van der Waals surface area (Å²) in [6.07, 6.45) is 1.44. The van der Waals surface area contributed by atoms with Crippen molar-refractivity contribution in [1.82, 2.24) is 4.98 Å². The molecule has 5 nitrogen and oxygen atoms in total. The van der Waals surface area contributed by atoms with E-state index in [2.05, 4.69) is 9.72 Å². The number of H-pyrrole nitrogens is 1. The molecule has 0 radical (unpaired) electrons. The van der Waals surface area contributed by atoms with Crippen molar-refractivity contribution in [2.24, 2.45) is 0 Å². The van der Waals surface area contributed by atoms with Crippen LogP contribution in [0.15, 0.2) is 36.5 Å². The molecule has 2 rings (SSSR count). The first-order valence-corrected chi connectivity index (χ1v) is 5.62. The Balaban J connectivity index is 2.60. The summed E-state index contributed by atoms with van der Waals surface area (Å²) in [6.45, 7) is 0. The number of rotatable bonds is 3. The van der Waals surface area contributed by atoms with Gasteiger partial charge in [0, 0.05) is 6.20 Å². The maximum absolute atomic E-state index is 11.9. The lowest BCUT2D eigenvalue weighted by Crippen LogP contribution is -2.10. The maximum Gasteiger partial charge on any atom is 0.340 e. The molecule has 1 aromatic carbocycles. The summed E-state index contributed by atoms with van der Waals surface area (Å²) in [6, 6.07) is 9.22. The Hall–Kier alpha value is -2.56. The van der Waals surface area contributed by atoms with E-state index in [1.807, 2.05) is 30.3 Å². The first-order valence-electron chi connectivity index (χ1n) is 5.62. The van der Waals surface area contributed by atoms with Gasteiger partial charge in [0.15, 0.2) is 0 Å². The number of carbonyl (C=O) groups excluding carboxylic acids is 2. The van der Waals surface area contributed by atoms with Crippen molar-refractivity contribution in [2.45, 2.75) is 0 Å². The van der Waals surface area contributed by atoms with E-state index in [0.717, 1.165) is 5.56 Å². The molecule has 1 aromatic heterocycles. The van der Waals surface area contributed by atoms with Gasteiger partial charge in [-0.3, -0.25) is 0 Å². The smallest absolute Gasteiger partial charge is 0.340 e. The first-order chi connectivity index (χ1) is 9.19. The molecule has 0 fully saturated rings. The highest BCUT2D eigenvalue weighted by Gasteiger charge is 2.24. The average molecular weight is 259 g/mol. The Bertz CT molecular complexity index is 601. The fourth-order valence-corrected chi connectivity index (χ4v) is 1.84. The molecule has 0 amide bonds. The summed E-state index contributed by atoms with van der Waals surface area (Å²) < 4.78 is 9.38. The molecule has 0 saturated carbocycles. The van der Waals surface area contributed by atoms with Crippen molar-refractivity contribution in [1.29, 1.82) is 0 Å². The van der Waals surface area contributed by atoms with Crippen LogP contribution in [0.2, 0.25) is 0 Å². The van der Waals surface area contributed by atoms with E-state index in [1.54, 1.807) is 0 Å². The summed E-state index contributed by atoms with van der Waals surface area (Å²) >= 11 is 0. The van der Waals surface area contributed by atoms with Gasteiger partial charge in [0.25, 0.3) is 0 Å². The predicted octanol–water partition coefficient (Wildman–Crippen LogP) is 2.25. The monoisotopic (exact) mass is 259 g/mol. The van der Waals surface area contributed by atoms with Crippen LogP contribution in [0.3, 0.4) is 0 Å². The van der Waals surface area contributed by atoms with Crippen molar-refractivity contribution in [3.8, 4) is 11.3 Å². The van der Waals surface area contributed by atoms with Crippen molar-refractivity contribution in [3.05, 3.63) is 47.7 Å². The van der Waals surface area contributed by atoms with E-state index in [0.29, 0.717) is 5.69 Å². The fraction of sp³-hybridized carbons (Fsp3) is 0.143. The van der Waals surface area contributed by atoms with Crippen LogP contribution in [0.1, 0.15) is 20.7 Å². The SMILES string of the molecule is COC(=O)c1c[nH]c(-c2ccccc2)c1C(=O)OC. The standard InChI is InChI=1S/C14H13NO4/c1-18-13(16)10-8-15-12(11(10)14(17)19-2)9-6-4-3-5-7-9/h3-8,15H,1-2H3. The molecule has 5 heteroatoms. The number of aromatic amines is 1. The van der Waals surface area contributed by atoms with Crippen LogP contribution >= 0.6 is 0 Å². The molecule has 0 saturated heterocycles. The molecule has 0 atom stereocenters. The summed E-state index contributed by atoms with van der Waals surface area (Å²) in [5, 5.41) is 0. The Morgan fingerprint density at radius 1 is 1.00 bits per heavy atom. The number of methoxy groups -OCH3 is 2. The summed E-state index contributed by atoms with van der Waals surface area (Å²) in [7, 11) is 2.53. The van der Waals surface area contributed by atoms with Crippen molar-refractivity contribution < 1.29 is 19.1 Å². The highest BCUT2D eigenvalue weighted by molar-refractivity contribution is 6.07. The van der Waals surface area contributed by atoms with Gasteiger partial charge in [-0.05, 0) is 5.56 Å². The van der Waals surface area contributed by atoms with Crippen LogP contribution in [0.5, 0.6) is 0 Å². The maximum atomic E-state index is 11.9. The van der Waals surface area contributed by atoms with E-state index in [-0.39, 0.29) is 11.1 Å². The molecule has 1 heterocycles. The number of ether oxygens (including phenoxy) is 2. The third kappa shape index (κ3) is 2.35. The molecule has 98 valence electrons. The number of hydrogen-bond donors (Lipinski definition) is 1. The third-order valence-electron chi connectivity index (χ3n) is 2.74. The van der Waals surface area contributed by atoms with Gasteiger partial charge in [0.2, 0.25) is 0 Å². The normalized spacial score (nSPS) is 10.0. The van der Waals surface area contributed by atoms with Gasteiger partial charge < -0.3 is 14.5 Å². The number of aromatic nitrogens is 1. The number of nitrogens with one attached hydrogen (secondary N) is 1. The Labute approximate surface area is 110 Å². The minimum atomic E-state index is -0.584. The van der Waals surface area contributed by atoms with Crippen molar-refractivity contribution in [3.63, 3.8) is 0 Å². The minimum absolute atomic E-state index is 0.160. The van der Waals surface area contributed by atoms with Crippen molar-refractivity contribution >= 4 is 11.9 Å². The van der Waals surface area contributed by atoms with Crippen molar-refractivity contribution in [2.75, 3.05) is 14.2 Å². The summed E-state index contributed by atoms with van der Waals surface area (Å²) in [4.78, 5) is 26.4. The van der Waals surface area contributed by atoms with Crippen LogP contribution in [0.4, 0.5) is 0 Å². The van der Waals surface area contributed by atoms with Crippen LogP contribution in [-0.4, -0.2) is 31.1 Å². The van der Waals surface area contributed by atoms with Gasteiger partial charge in [0.05, 0.1) is 31.0 Å². The van der Waals surface area contributed by atoms with Crippen LogP contribution in [0, 0.1) is 0 Å². The second kappa shape index (κ2) is 5.39. The minimum Gasteiger partial charge on any atom is -0.465 e. The lowest BCUT2D eigenvalue weighted by molar-refractivity contribution is 0.0557. The second-order valence-corrected chi connectivity index (χ2v) is 3.80. The molecule has 0 bridgehead atoms.